The zero-order valence-electron chi connectivity index (χ0n) is 17.4. The number of hydrogen-bond acceptors (Lipinski definition) is 10. The van der Waals surface area contributed by atoms with Gasteiger partial charge < -0.3 is 28.7 Å². The minimum absolute atomic E-state index is 0.150. The molecule has 0 spiro atoms. The summed E-state index contributed by atoms with van der Waals surface area (Å²) in [5.41, 5.74) is 0.910. The van der Waals surface area contributed by atoms with E-state index in [-0.39, 0.29) is 18.4 Å². The van der Waals surface area contributed by atoms with Gasteiger partial charge in [-0.25, -0.2) is 9.78 Å². The summed E-state index contributed by atoms with van der Waals surface area (Å²) in [5.74, 6) is 1.95. The number of nitrogens with zero attached hydrogens (tertiary/aromatic N) is 3. The molecule has 2 heterocycles. The van der Waals surface area contributed by atoms with Crippen molar-refractivity contribution in [3.05, 3.63) is 41.9 Å². The highest BCUT2D eigenvalue weighted by Crippen LogP contribution is 2.40. The first-order chi connectivity index (χ1) is 15.1. The van der Waals surface area contributed by atoms with Gasteiger partial charge in [-0.15, -0.1) is 10.2 Å². The van der Waals surface area contributed by atoms with Crippen molar-refractivity contribution in [1.29, 1.82) is 0 Å². The van der Waals surface area contributed by atoms with Crippen molar-refractivity contribution in [2.75, 3.05) is 26.6 Å². The van der Waals surface area contributed by atoms with Gasteiger partial charge in [0.2, 0.25) is 11.6 Å². The van der Waals surface area contributed by atoms with Gasteiger partial charge in [-0.05, 0) is 37.1 Å². The van der Waals surface area contributed by atoms with Crippen LogP contribution in [0.25, 0.3) is 11.5 Å². The Balaban J connectivity index is 1.41. The van der Waals surface area contributed by atoms with Crippen LogP contribution in [-0.4, -0.2) is 48.5 Å². The molecule has 31 heavy (non-hydrogen) atoms. The lowest BCUT2D eigenvalue weighted by atomic mass is 10.2. The molecule has 162 valence electrons. The molecule has 0 saturated heterocycles. The van der Waals surface area contributed by atoms with E-state index in [4.69, 9.17) is 23.4 Å². The van der Waals surface area contributed by atoms with Crippen molar-refractivity contribution >= 4 is 11.8 Å². The Labute approximate surface area is 178 Å². The van der Waals surface area contributed by atoms with Crippen molar-refractivity contribution in [2.24, 2.45) is 0 Å². The standard InChI is InChI=1S/C21H22N4O6/c1-27-15-8-13(9-16(28-2)19(15)29-3)20-25-24-18(31-20)11-30-21(26)12-4-7-17(22-10-12)23-14-5-6-14/h4,7-10,14H,5-6,11H2,1-3H3,(H,22,23). The van der Waals surface area contributed by atoms with E-state index < -0.39 is 5.97 Å². The largest absolute Gasteiger partial charge is 0.493 e. The van der Waals surface area contributed by atoms with Gasteiger partial charge in [-0.2, -0.15) is 0 Å². The molecule has 1 N–H and O–H groups in total. The average Bonchev–Trinajstić information content (AvgIpc) is 3.49. The molecule has 0 radical (unpaired) electrons. The molecular formula is C21H22N4O6. The van der Waals surface area contributed by atoms with Crippen LogP contribution < -0.4 is 19.5 Å². The molecule has 10 heteroatoms. The first-order valence-corrected chi connectivity index (χ1v) is 9.63. The van der Waals surface area contributed by atoms with Crippen molar-refractivity contribution in [3.63, 3.8) is 0 Å². The average molecular weight is 426 g/mol. The maximum Gasteiger partial charge on any atom is 0.340 e. The summed E-state index contributed by atoms with van der Waals surface area (Å²) >= 11 is 0. The minimum Gasteiger partial charge on any atom is -0.493 e. The number of methoxy groups -OCH3 is 3. The van der Waals surface area contributed by atoms with Gasteiger partial charge in [0.1, 0.15) is 5.82 Å². The van der Waals surface area contributed by atoms with E-state index in [9.17, 15) is 4.79 Å². The number of rotatable bonds is 9. The molecule has 1 aliphatic carbocycles. The molecular weight excluding hydrogens is 404 g/mol. The third-order valence-corrected chi connectivity index (χ3v) is 4.63. The number of ether oxygens (including phenoxy) is 4. The van der Waals surface area contributed by atoms with Crippen LogP contribution in [0, 0.1) is 0 Å². The second-order valence-electron chi connectivity index (χ2n) is 6.84. The number of anilines is 1. The molecule has 2 aromatic heterocycles. The third-order valence-electron chi connectivity index (χ3n) is 4.63. The van der Waals surface area contributed by atoms with E-state index in [2.05, 4.69) is 20.5 Å². The maximum atomic E-state index is 12.3. The molecule has 1 aromatic carbocycles. The molecule has 0 aliphatic heterocycles. The molecule has 0 unspecified atom stereocenters. The second-order valence-corrected chi connectivity index (χ2v) is 6.84. The van der Waals surface area contributed by atoms with Crippen LogP contribution in [0.1, 0.15) is 29.1 Å². The molecule has 0 bridgehead atoms. The van der Waals surface area contributed by atoms with Gasteiger partial charge in [0.25, 0.3) is 5.89 Å². The summed E-state index contributed by atoms with van der Waals surface area (Å²) in [5, 5.41) is 11.2. The fourth-order valence-electron chi connectivity index (χ4n) is 2.88. The normalized spacial score (nSPS) is 12.9. The van der Waals surface area contributed by atoms with Crippen molar-refractivity contribution < 1.29 is 28.2 Å². The number of nitrogens with one attached hydrogen (secondary N) is 1. The summed E-state index contributed by atoms with van der Waals surface area (Å²) < 4.78 is 26.9. The van der Waals surface area contributed by atoms with Crippen LogP contribution >= 0.6 is 0 Å². The fourth-order valence-corrected chi connectivity index (χ4v) is 2.88. The Hall–Kier alpha value is -3.82. The zero-order valence-corrected chi connectivity index (χ0v) is 17.4. The Kier molecular flexibility index (Phi) is 5.87. The molecule has 3 aromatic rings. The van der Waals surface area contributed by atoms with Gasteiger partial charge in [0, 0.05) is 17.8 Å². The molecule has 1 saturated carbocycles. The quantitative estimate of drug-likeness (QED) is 0.511. The number of hydrogen-bond donors (Lipinski definition) is 1. The fraction of sp³-hybridized carbons (Fsp3) is 0.333. The van der Waals surface area contributed by atoms with Crippen LogP contribution in [0.3, 0.4) is 0 Å². The number of esters is 1. The molecule has 1 fully saturated rings. The molecule has 4 rings (SSSR count). The second kappa shape index (κ2) is 8.90. The van der Waals surface area contributed by atoms with E-state index in [1.807, 2.05) is 0 Å². The Morgan fingerprint density at radius 2 is 1.84 bits per heavy atom. The number of aromatic nitrogens is 3. The number of carbonyl (C=O) groups is 1. The lowest BCUT2D eigenvalue weighted by Crippen LogP contribution is -2.07. The van der Waals surface area contributed by atoms with Crippen LogP contribution in [0.15, 0.2) is 34.9 Å². The molecule has 0 atom stereocenters. The van der Waals surface area contributed by atoms with E-state index in [1.165, 1.54) is 27.5 Å². The number of benzene rings is 1. The van der Waals surface area contributed by atoms with Gasteiger partial charge in [-0.3, -0.25) is 0 Å². The van der Waals surface area contributed by atoms with E-state index in [0.717, 1.165) is 18.7 Å². The lowest BCUT2D eigenvalue weighted by molar-refractivity contribution is 0.0438. The minimum atomic E-state index is -0.530. The number of carbonyl (C=O) groups excluding carboxylic acids is 1. The summed E-state index contributed by atoms with van der Waals surface area (Å²) in [4.78, 5) is 16.5. The monoisotopic (exact) mass is 426 g/mol. The van der Waals surface area contributed by atoms with Crippen molar-refractivity contribution in [1.82, 2.24) is 15.2 Å². The van der Waals surface area contributed by atoms with Crippen LogP contribution in [0.2, 0.25) is 0 Å². The SMILES string of the molecule is COc1cc(-c2nnc(COC(=O)c3ccc(NC4CC4)nc3)o2)cc(OC)c1OC. The van der Waals surface area contributed by atoms with Crippen LogP contribution in [0.4, 0.5) is 5.82 Å². The summed E-state index contributed by atoms with van der Waals surface area (Å²) in [6.45, 7) is -0.168. The highest BCUT2D eigenvalue weighted by molar-refractivity contribution is 5.89. The van der Waals surface area contributed by atoms with Gasteiger partial charge >= 0.3 is 5.97 Å². The maximum absolute atomic E-state index is 12.3. The first kappa shape index (κ1) is 20.5. The highest BCUT2D eigenvalue weighted by Gasteiger charge is 2.21. The van der Waals surface area contributed by atoms with Crippen LogP contribution in [-0.2, 0) is 11.3 Å². The Morgan fingerprint density at radius 1 is 1.10 bits per heavy atom. The van der Waals surface area contributed by atoms with E-state index in [0.29, 0.717) is 34.4 Å². The zero-order chi connectivity index (χ0) is 21.8. The summed E-state index contributed by atoms with van der Waals surface area (Å²) in [7, 11) is 4.55. The first-order valence-electron chi connectivity index (χ1n) is 9.63. The number of pyridine rings is 1. The van der Waals surface area contributed by atoms with Crippen molar-refractivity contribution in [3.8, 4) is 28.7 Å². The topological polar surface area (TPSA) is 118 Å². The van der Waals surface area contributed by atoms with E-state index >= 15 is 0 Å². The van der Waals surface area contributed by atoms with E-state index in [1.54, 1.807) is 24.3 Å². The predicted octanol–water partition coefficient (Wildman–Crippen LogP) is 3.09. The van der Waals surface area contributed by atoms with Gasteiger partial charge in [0.05, 0.1) is 26.9 Å². The van der Waals surface area contributed by atoms with Crippen molar-refractivity contribution in [2.45, 2.75) is 25.5 Å². The van der Waals surface area contributed by atoms with Gasteiger partial charge in [0.15, 0.2) is 18.1 Å². The third kappa shape index (κ3) is 4.68. The Bertz CT molecular complexity index is 1040. The highest BCUT2D eigenvalue weighted by atomic mass is 16.5. The predicted molar refractivity (Wildman–Crippen MR) is 109 cm³/mol. The smallest absolute Gasteiger partial charge is 0.340 e. The molecule has 0 amide bonds. The van der Waals surface area contributed by atoms with Crippen LogP contribution in [0.5, 0.6) is 17.2 Å². The summed E-state index contributed by atoms with van der Waals surface area (Å²) in [6, 6.07) is 7.28. The lowest BCUT2D eigenvalue weighted by Gasteiger charge is -2.12. The van der Waals surface area contributed by atoms with Gasteiger partial charge in [-0.1, -0.05) is 0 Å². The Morgan fingerprint density at radius 3 is 2.42 bits per heavy atom. The summed E-state index contributed by atoms with van der Waals surface area (Å²) in [6.07, 6.45) is 3.77. The molecule has 10 nitrogen and oxygen atoms in total. The molecule has 1 aliphatic rings.